The Kier molecular flexibility index (Phi) is 44.5. The number of thiophene rings is 1. The lowest BCUT2D eigenvalue weighted by Crippen LogP contribution is -1.93. The van der Waals surface area contributed by atoms with Crippen LogP contribution in [-0.2, 0) is 7.05 Å². The molecule has 0 spiro atoms. The molecule has 222 valence electrons. The van der Waals surface area contributed by atoms with Crippen LogP contribution in [0.3, 0.4) is 0 Å². The van der Waals surface area contributed by atoms with E-state index in [1.165, 1.54) is 6.26 Å². The Morgan fingerprint density at radius 1 is 0.568 bits per heavy atom. The number of aromatic nitrogens is 3. The highest BCUT2D eigenvalue weighted by atomic mass is 32.1. The molecule has 0 aliphatic rings. The fourth-order valence-corrected chi connectivity index (χ4v) is 1.20. The maximum Gasteiger partial charge on any atom is 0.123 e. The van der Waals surface area contributed by atoms with Gasteiger partial charge in [-0.15, -0.1) is 0 Å². The average molecular weight is 542 g/mol. The van der Waals surface area contributed by atoms with Gasteiger partial charge in [0.05, 0.1) is 6.20 Å². The van der Waals surface area contributed by atoms with E-state index in [9.17, 15) is 0 Å². The molecule has 0 fully saturated rings. The lowest BCUT2D eigenvalue weighted by molar-refractivity contribution is 0.420. The van der Waals surface area contributed by atoms with Gasteiger partial charge in [0, 0.05) is 19.4 Å². The van der Waals surface area contributed by atoms with Gasteiger partial charge in [-0.3, -0.25) is 4.68 Å². The molecule has 4 nitrogen and oxygen atoms in total. The molecular formula is C32H67N3OS. The van der Waals surface area contributed by atoms with E-state index in [0.29, 0.717) is 16.2 Å². The van der Waals surface area contributed by atoms with Crippen LogP contribution in [-0.4, -0.2) is 14.9 Å². The number of rotatable bonds is 0. The minimum atomic E-state index is 0.500. The van der Waals surface area contributed by atoms with Gasteiger partial charge in [0.15, 0.2) is 0 Å². The Labute approximate surface area is 238 Å². The molecule has 5 heteroatoms. The lowest BCUT2D eigenvalue weighted by Gasteiger charge is -2.05. The molecule has 0 bridgehead atoms. The van der Waals surface area contributed by atoms with Gasteiger partial charge in [-0.2, -0.15) is 16.4 Å². The van der Waals surface area contributed by atoms with Gasteiger partial charge in [0.2, 0.25) is 0 Å². The Bertz CT molecular complexity index is 533. The second kappa shape index (κ2) is 34.1. The highest BCUT2D eigenvalue weighted by Crippen LogP contribution is 2.08. The highest BCUT2D eigenvalue weighted by molar-refractivity contribution is 7.07. The molecule has 3 rings (SSSR count). The molecule has 0 amide bonds. The molecule has 0 N–H and O–H groups in total. The molecule has 0 saturated carbocycles. The first-order valence-corrected chi connectivity index (χ1v) is 14.6. The summed E-state index contributed by atoms with van der Waals surface area (Å²) in [6.45, 7) is 38.2. The third-order valence-electron chi connectivity index (χ3n) is 1.41. The largest absolute Gasteiger partial charge is 0.365 e. The van der Waals surface area contributed by atoms with E-state index in [2.05, 4.69) is 97.9 Å². The first-order valence-electron chi connectivity index (χ1n) is 13.6. The quantitative estimate of drug-likeness (QED) is 0.284. The summed E-state index contributed by atoms with van der Waals surface area (Å²) in [6, 6.07) is 7.65. The summed E-state index contributed by atoms with van der Waals surface area (Å²) in [4.78, 5) is 0. The van der Waals surface area contributed by atoms with Crippen LogP contribution in [0, 0.1) is 16.2 Å². The molecule has 0 radical (unpaired) electrons. The van der Waals surface area contributed by atoms with Gasteiger partial charge in [-0.25, -0.2) is 0 Å². The summed E-state index contributed by atoms with van der Waals surface area (Å²) < 4.78 is 6.08. The standard InChI is InChI=1S/3C5H12.C4H6N2.C4H4S.C3H3NO.3C2H6/c3*1-5(2,3)4;1-6-4-2-3-5-6;2*1-2-4-5-3-1;3*1-2/h3*1-4H3;2-4H,1H3;1-4H;1-3H;3*1-2H3. The minimum absolute atomic E-state index is 0.500. The van der Waals surface area contributed by atoms with Crippen LogP contribution in [0.4, 0.5) is 0 Å². The third-order valence-corrected chi connectivity index (χ3v) is 2.04. The summed E-state index contributed by atoms with van der Waals surface area (Å²) in [6.07, 6.45) is 6.74. The molecular weight excluding hydrogens is 474 g/mol. The highest BCUT2D eigenvalue weighted by Gasteiger charge is 1.96. The summed E-state index contributed by atoms with van der Waals surface area (Å²) in [7, 11) is 1.89. The van der Waals surface area contributed by atoms with Crippen molar-refractivity contribution in [1.82, 2.24) is 14.9 Å². The molecule has 3 heterocycles. The first kappa shape index (κ1) is 48.2. The predicted octanol–water partition coefficient (Wildman–Crippen LogP) is 12.1. The molecule has 3 aromatic rings. The van der Waals surface area contributed by atoms with Crippen LogP contribution in [0.15, 0.2) is 64.4 Å². The Morgan fingerprint density at radius 2 is 0.919 bits per heavy atom. The van der Waals surface area contributed by atoms with Crippen LogP contribution < -0.4 is 0 Å². The topological polar surface area (TPSA) is 43.9 Å². The van der Waals surface area contributed by atoms with Gasteiger partial charge in [0.1, 0.15) is 6.26 Å². The molecule has 0 unspecified atom stereocenters. The zero-order chi connectivity index (χ0) is 31.0. The van der Waals surface area contributed by atoms with Gasteiger partial charge >= 0.3 is 0 Å². The number of aryl methyl sites for hydroxylation is 1. The molecule has 0 aromatic carbocycles. The summed E-state index contributed by atoms with van der Waals surface area (Å²) in [5.41, 5.74) is 1.50. The normalized spacial score (nSPS) is 8.95. The number of hydrogen-bond donors (Lipinski definition) is 0. The smallest absolute Gasteiger partial charge is 0.123 e. The van der Waals surface area contributed by atoms with E-state index >= 15 is 0 Å². The van der Waals surface area contributed by atoms with Gasteiger partial charge in [-0.05, 0) is 39.1 Å². The molecule has 37 heavy (non-hydrogen) atoms. The maximum absolute atomic E-state index is 4.33. The van der Waals surface area contributed by atoms with E-state index in [4.69, 9.17) is 0 Å². The third kappa shape index (κ3) is 154. The van der Waals surface area contributed by atoms with Crippen LogP contribution in [0.2, 0.25) is 0 Å². The molecule has 0 atom stereocenters. The predicted molar refractivity (Wildman–Crippen MR) is 173 cm³/mol. The Morgan fingerprint density at radius 3 is 1.00 bits per heavy atom. The van der Waals surface area contributed by atoms with E-state index < -0.39 is 0 Å². The van der Waals surface area contributed by atoms with Crippen LogP contribution in [0.25, 0.3) is 0 Å². The van der Waals surface area contributed by atoms with Crippen molar-refractivity contribution in [2.24, 2.45) is 23.3 Å². The molecule has 0 saturated heterocycles. The van der Waals surface area contributed by atoms with Gasteiger partial charge in [0.25, 0.3) is 0 Å². The van der Waals surface area contributed by atoms with Crippen LogP contribution in [0.5, 0.6) is 0 Å². The Balaban J connectivity index is -0.0000000749. The van der Waals surface area contributed by atoms with Crippen molar-refractivity contribution in [1.29, 1.82) is 0 Å². The minimum Gasteiger partial charge on any atom is -0.365 e. The van der Waals surface area contributed by atoms with E-state index in [-0.39, 0.29) is 0 Å². The SMILES string of the molecule is CC.CC.CC.CC(C)(C)C.CC(C)(C)C.CC(C)(C)C.Cn1cccn1.c1ccsc1.c1cnoc1. The van der Waals surface area contributed by atoms with Crippen molar-refractivity contribution in [3.8, 4) is 0 Å². The molecule has 3 aromatic heterocycles. The fraction of sp³-hybridized carbons (Fsp3) is 0.688. The average Bonchev–Trinajstić information content (AvgIpc) is 3.54. The maximum atomic E-state index is 4.33. The zero-order valence-corrected chi connectivity index (χ0v) is 29.2. The van der Waals surface area contributed by atoms with Crippen molar-refractivity contribution in [2.75, 3.05) is 0 Å². The molecule has 0 aliphatic carbocycles. The van der Waals surface area contributed by atoms with Crippen molar-refractivity contribution in [2.45, 2.75) is 125 Å². The zero-order valence-electron chi connectivity index (χ0n) is 28.4. The first-order chi connectivity index (χ1) is 16.9. The fourth-order valence-electron chi connectivity index (χ4n) is 0.748. The van der Waals surface area contributed by atoms with Gasteiger partial charge < -0.3 is 4.52 Å². The van der Waals surface area contributed by atoms with Gasteiger partial charge in [-0.1, -0.05) is 142 Å². The van der Waals surface area contributed by atoms with E-state index in [0.717, 1.165) is 0 Å². The van der Waals surface area contributed by atoms with Crippen LogP contribution in [0.1, 0.15) is 125 Å². The second-order valence-corrected chi connectivity index (χ2v) is 12.5. The van der Waals surface area contributed by atoms with E-state index in [1.54, 1.807) is 34.5 Å². The van der Waals surface area contributed by atoms with Crippen molar-refractivity contribution >= 4 is 11.3 Å². The molecule has 0 aliphatic heterocycles. The van der Waals surface area contributed by atoms with Crippen molar-refractivity contribution in [3.05, 3.63) is 59.9 Å². The Hall–Kier alpha value is -1.88. The van der Waals surface area contributed by atoms with Crippen molar-refractivity contribution in [3.63, 3.8) is 0 Å². The summed E-state index contributed by atoms with van der Waals surface area (Å²) in [5, 5.41) is 11.3. The summed E-state index contributed by atoms with van der Waals surface area (Å²) in [5.74, 6) is 0. The van der Waals surface area contributed by atoms with E-state index in [1.807, 2.05) is 83.7 Å². The number of nitrogens with zero attached hydrogens (tertiary/aromatic N) is 3. The number of hydrogen-bond acceptors (Lipinski definition) is 4. The van der Waals surface area contributed by atoms with Crippen molar-refractivity contribution < 1.29 is 4.52 Å². The van der Waals surface area contributed by atoms with Crippen LogP contribution >= 0.6 is 11.3 Å². The summed E-state index contributed by atoms with van der Waals surface area (Å²) >= 11 is 1.71. The monoisotopic (exact) mass is 542 g/mol. The second-order valence-electron chi connectivity index (χ2n) is 11.7. The lowest BCUT2D eigenvalue weighted by atomic mass is 10.0.